The van der Waals surface area contributed by atoms with Crippen LogP contribution in [0.3, 0.4) is 0 Å². The Kier molecular flexibility index (Phi) is 6.87. The lowest BCUT2D eigenvalue weighted by Crippen LogP contribution is -2.22. The minimum absolute atomic E-state index is 0.0336. The van der Waals surface area contributed by atoms with Gasteiger partial charge < -0.3 is 19.5 Å². The predicted octanol–water partition coefficient (Wildman–Crippen LogP) is 3.15. The summed E-state index contributed by atoms with van der Waals surface area (Å²) < 4.78 is 15.3. The third kappa shape index (κ3) is 5.14. The molecule has 1 aliphatic carbocycles. The molecule has 7 nitrogen and oxygen atoms in total. The lowest BCUT2D eigenvalue weighted by molar-refractivity contribution is -0.146. The summed E-state index contributed by atoms with van der Waals surface area (Å²) >= 11 is 1.38. The summed E-state index contributed by atoms with van der Waals surface area (Å²) in [6, 6.07) is 7.08. The van der Waals surface area contributed by atoms with Crippen LogP contribution in [0.2, 0.25) is 0 Å². The molecule has 8 heteroatoms. The first kappa shape index (κ1) is 20.9. The predicted molar refractivity (Wildman–Crippen MR) is 109 cm³/mol. The Morgan fingerprint density at radius 3 is 2.76 bits per heavy atom. The molecule has 3 rings (SSSR count). The first-order chi connectivity index (χ1) is 14.0. The number of nitrogens with one attached hydrogen (secondary N) is 1. The molecular formula is C21H23NO6S. The normalized spacial score (nSPS) is 12.2. The van der Waals surface area contributed by atoms with E-state index in [0.29, 0.717) is 16.3 Å². The first-order valence-electron chi connectivity index (χ1n) is 9.41. The van der Waals surface area contributed by atoms with Crippen LogP contribution in [-0.2, 0) is 38.3 Å². The van der Waals surface area contributed by atoms with E-state index in [-0.39, 0.29) is 13.0 Å². The zero-order chi connectivity index (χ0) is 20.8. The number of aryl methyl sites for hydroxylation is 1. The molecule has 0 unspecified atom stereocenters. The van der Waals surface area contributed by atoms with Crippen molar-refractivity contribution in [3.8, 4) is 5.75 Å². The number of fused-ring (bicyclic) bond motifs is 1. The van der Waals surface area contributed by atoms with E-state index >= 15 is 0 Å². The van der Waals surface area contributed by atoms with Gasteiger partial charge in [0.1, 0.15) is 10.8 Å². The van der Waals surface area contributed by atoms with Gasteiger partial charge in [-0.25, -0.2) is 4.79 Å². The molecular weight excluding hydrogens is 394 g/mol. The van der Waals surface area contributed by atoms with E-state index in [1.165, 1.54) is 11.3 Å². The summed E-state index contributed by atoms with van der Waals surface area (Å²) in [5.41, 5.74) is 2.12. The average Bonchev–Trinajstić information content (AvgIpc) is 3.27. The van der Waals surface area contributed by atoms with Crippen molar-refractivity contribution in [2.45, 2.75) is 32.6 Å². The van der Waals surface area contributed by atoms with Crippen molar-refractivity contribution < 1.29 is 28.6 Å². The van der Waals surface area contributed by atoms with E-state index in [0.717, 1.165) is 35.3 Å². The molecule has 2 aromatic rings. The zero-order valence-corrected chi connectivity index (χ0v) is 17.2. The molecule has 1 N–H and O–H groups in total. The van der Waals surface area contributed by atoms with Gasteiger partial charge in [-0.05, 0) is 49.4 Å². The van der Waals surface area contributed by atoms with Gasteiger partial charge in [0.2, 0.25) is 0 Å². The van der Waals surface area contributed by atoms with Crippen LogP contribution < -0.4 is 10.1 Å². The van der Waals surface area contributed by atoms with Crippen LogP contribution >= 0.6 is 11.3 Å². The minimum Gasteiger partial charge on any atom is -0.497 e. The standard InChI is InChI=1S/C21H23NO6S/c1-3-27-21(25)19-15-8-5-9-16(15)29-20(19)22-17(23)12-28-18(24)11-13-6-4-7-14(10-13)26-2/h4,6-7,10H,3,5,8-9,11-12H2,1-2H3,(H,22,23). The molecule has 1 aliphatic rings. The van der Waals surface area contributed by atoms with E-state index in [4.69, 9.17) is 14.2 Å². The second kappa shape index (κ2) is 9.56. The molecule has 0 bridgehead atoms. The summed E-state index contributed by atoms with van der Waals surface area (Å²) in [5, 5.41) is 3.16. The molecule has 0 fully saturated rings. The maximum absolute atomic E-state index is 12.3. The van der Waals surface area contributed by atoms with Crippen LogP contribution in [0.25, 0.3) is 0 Å². The fraction of sp³-hybridized carbons (Fsp3) is 0.381. The van der Waals surface area contributed by atoms with Crippen molar-refractivity contribution in [3.05, 3.63) is 45.8 Å². The van der Waals surface area contributed by atoms with Crippen molar-refractivity contribution in [2.75, 3.05) is 25.6 Å². The summed E-state index contributed by atoms with van der Waals surface area (Å²) in [6.07, 6.45) is 2.71. The Morgan fingerprint density at radius 1 is 1.17 bits per heavy atom. The summed E-state index contributed by atoms with van der Waals surface area (Å²) in [7, 11) is 1.55. The van der Waals surface area contributed by atoms with Crippen LogP contribution in [0.4, 0.5) is 5.00 Å². The molecule has 0 radical (unpaired) electrons. The van der Waals surface area contributed by atoms with Crippen LogP contribution in [0.5, 0.6) is 5.75 Å². The topological polar surface area (TPSA) is 90.9 Å². The van der Waals surface area contributed by atoms with Gasteiger partial charge in [0.15, 0.2) is 6.61 Å². The third-order valence-electron chi connectivity index (χ3n) is 4.50. The highest BCUT2D eigenvalue weighted by Gasteiger charge is 2.28. The molecule has 0 aliphatic heterocycles. The Balaban J connectivity index is 1.58. The Bertz CT molecular complexity index is 920. The lowest BCUT2D eigenvalue weighted by Gasteiger charge is -2.09. The monoisotopic (exact) mass is 417 g/mol. The largest absolute Gasteiger partial charge is 0.497 e. The maximum Gasteiger partial charge on any atom is 0.341 e. The summed E-state index contributed by atoms with van der Waals surface area (Å²) in [6.45, 7) is 1.58. The molecule has 0 atom stereocenters. The quantitative estimate of drug-likeness (QED) is 0.664. The highest BCUT2D eigenvalue weighted by molar-refractivity contribution is 7.17. The van der Waals surface area contributed by atoms with Crippen molar-refractivity contribution in [1.29, 1.82) is 0 Å². The zero-order valence-electron chi connectivity index (χ0n) is 16.4. The Labute approximate surface area is 173 Å². The Hall–Kier alpha value is -2.87. The summed E-state index contributed by atoms with van der Waals surface area (Å²) in [5.74, 6) is -0.801. The van der Waals surface area contributed by atoms with Crippen LogP contribution in [0.15, 0.2) is 24.3 Å². The number of hydrogen-bond acceptors (Lipinski definition) is 7. The van der Waals surface area contributed by atoms with Crippen molar-refractivity contribution >= 4 is 34.2 Å². The van der Waals surface area contributed by atoms with E-state index in [9.17, 15) is 14.4 Å². The van der Waals surface area contributed by atoms with Gasteiger partial charge >= 0.3 is 11.9 Å². The second-order valence-corrected chi connectivity index (χ2v) is 7.62. The third-order valence-corrected chi connectivity index (χ3v) is 5.71. The van der Waals surface area contributed by atoms with Crippen LogP contribution in [0.1, 0.15) is 39.7 Å². The smallest absolute Gasteiger partial charge is 0.341 e. The minimum atomic E-state index is -0.521. The van der Waals surface area contributed by atoms with E-state index in [2.05, 4.69) is 5.32 Å². The SMILES string of the molecule is CCOC(=O)c1c(NC(=O)COC(=O)Cc2cccc(OC)c2)sc2c1CCC2. The fourth-order valence-electron chi connectivity index (χ4n) is 3.22. The van der Waals surface area contributed by atoms with Crippen LogP contribution in [0, 0.1) is 0 Å². The number of esters is 2. The second-order valence-electron chi connectivity index (χ2n) is 6.52. The first-order valence-corrected chi connectivity index (χ1v) is 10.2. The number of rotatable bonds is 8. The molecule has 1 aromatic heterocycles. The number of carbonyl (C=O) groups is 3. The number of amides is 1. The van der Waals surface area contributed by atoms with Gasteiger partial charge in [-0.3, -0.25) is 9.59 Å². The van der Waals surface area contributed by atoms with Crippen molar-refractivity contribution in [3.63, 3.8) is 0 Å². The van der Waals surface area contributed by atoms with Gasteiger partial charge in [0.05, 0.1) is 25.7 Å². The molecule has 1 heterocycles. The number of anilines is 1. The molecule has 0 saturated heterocycles. The van der Waals surface area contributed by atoms with Crippen molar-refractivity contribution in [2.24, 2.45) is 0 Å². The van der Waals surface area contributed by atoms with E-state index in [1.54, 1.807) is 38.3 Å². The molecule has 1 aromatic carbocycles. The van der Waals surface area contributed by atoms with Crippen molar-refractivity contribution in [1.82, 2.24) is 0 Å². The number of methoxy groups -OCH3 is 1. The number of thiophene rings is 1. The van der Waals surface area contributed by atoms with Gasteiger partial charge in [-0.15, -0.1) is 11.3 Å². The van der Waals surface area contributed by atoms with Crippen LogP contribution in [-0.4, -0.2) is 38.2 Å². The van der Waals surface area contributed by atoms with Gasteiger partial charge in [-0.1, -0.05) is 12.1 Å². The number of benzene rings is 1. The molecule has 1 amide bonds. The van der Waals surface area contributed by atoms with Gasteiger partial charge in [0.25, 0.3) is 5.91 Å². The molecule has 0 spiro atoms. The highest BCUT2D eigenvalue weighted by atomic mass is 32.1. The molecule has 0 saturated carbocycles. The number of carbonyl (C=O) groups excluding carboxylic acids is 3. The summed E-state index contributed by atoms with van der Waals surface area (Å²) in [4.78, 5) is 37.7. The van der Waals surface area contributed by atoms with E-state index in [1.807, 2.05) is 0 Å². The lowest BCUT2D eigenvalue weighted by atomic mass is 10.1. The fourth-order valence-corrected chi connectivity index (χ4v) is 4.51. The molecule has 29 heavy (non-hydrogen) atoms. The Morgan fingerprint density at radius 2 is 2.00 bits per heavy atom. The maximum atomic E-state index is 12.3. The highest BCUT2D eigenvalue weighted by Crippen LogP contribution is 2.39. The number of hydrogen-bond donors (Lipinski definition) is 1. The number of ether oxygens (including phenoxy) is 3. The van der Waals surface area contributed by atoms with Gasteiger partial charge in [0, 0.05) is 4.88 Å². The van der Waals surface area contributed by atoms with E-state index < -0.39 is 24.5 Å². The average molecular weight is 417 g/mol. The van der Waals surface area contributed by atoms with Gasteiger partial charge in [-0.2, -0.15) is 0 Å². The molecule has 154 valence electrons.